The van der Waals surface area contributed by atoms with E-state index in [1.54, 1.807) is 0 Å². The minimum absolute atomic E-state index is 0.841. The fourth-order valence-corrected chi connectivity index (χ4v) is 3.13. The second-order valence-electron chi connectivity index (χ2n) is 4.18. The first-order valence-electron chi connectivity index (χ1n) is 5.41. The summed E-state index contributed by atoms with van der Waals surface area (Å²) in [5.74, 6) is 0.948. The van der Waals surface area contributed by atoms with E-state index in [0.717, 1.165) is 11.2 Å². The Hall–Kier alpha value is -0.500. The number of pyridine rings is 1. The second kappa shape index (κ2) is 4.83. The normalized spacial score (nSPS) is 27.5. The summed E-state index contributed by atoms with van der Waals surface area (Å²) < 4.78 is 0. The zero-order valence-corrected chi connectivity index (χ0v) is 9.46. The Kier molecular flexibility index (Phi) is 3.46. The Labute approximate surface area is 90.3 Å². The predicted octanol–water partition coefficient (Wildman–Crippen LogP) is 3.75. The summed E-state index contributed by atoms with van der Waals surface area (Å²) in [6, 6.07) is 4.23. The van der Waals surface area contributed by atoms with Gasteiger partial charge in [0.1, 0.15) is 0 Å². The van der Waals surface area contributed by atoms with Gasteiger partial charge in [0, 0.05) is 22.5 Å². The van der Waals surface area contributed by atoms with Crippen LogP contribution in [0.15, 0.2) is 29.4 Å². The van der Waals surface area contributed by atoms with E-state index < -0.39 is 0 Å². The molecule has 0 amide bonds. The third-order valence-electron chi connectivity index (χ3n) is 2.92. The Morgan fingerprint density at radius 1 is 1.14 bits per heavy atom. The quantitative estimate of drug-likeness (QED) is 0.732. The molecule has 0 N–H and O–H groups in total. The summed E-state index contributed by atoms with van der Waals surface area (Å²) in [4.78, 5) is 5.41. The molecule has 0 atom stereocenters. The Morgan fingerprint density at radius 3 is 2.43 bits per heavy atom. The maximum absolute atomic E-state index is 4.04. The van der Waals surface area contributed by atoms with Crippen LogP contribution in [0.4, 0.5) is 0 Å². The fourth-order valence-electron chi connectivity index (χ4n) is 1.96. The summed E-state index contributed by atoms with van der Waals surface area (Å²) in [7, 11) is 0. The van der Waals surface area contributed by atoms with Gasteiger partial charge in [-0.1, -0.05) is 6.92 Å². The molecule has 1 aromatic rings. The molecule has 14 heavy (non-hydrogen) atoms. The number of aromatic nitrogens is 1. The molecule has 76 valence electrons. The highest BCUT2D eigenvalue weighted by Crippen LogP contribution is 2.35. The van der Waals surface area contributed by atoms with Gasteiger partial charge < -0.3 is 0 Å². The second-order valence-corrected chi connectivity index (χ2v) is 5.56. The van der Waals surface area contributed by atoms with Gasteiger partial charge in [0.2, 0.25) is 0 Å². The predicted molar refractivity (Wildman–Crippen MR) is 61.5 cm³/mol. The standard InChI is InChI=1S/C12H17NS/c1-10-2-4-11(5-3-10)14-12-6-8-13-9-7-12/h6-11H,2-5H2,1H3/t10-,11-. The van der Waals surface area contributed by atoms with Gasteiger partial charge in [0.25, 0.3) is 0 Å². The van der Waals surface area contributed by atoms with Crippen molar-refractivity contribution in [2.24, 2.45) is 5.92 Å². The molecule has 0 radical (unpaired) electrons. The van der Waals surface area contributed by atoms with Crippen molar-refractivity contribution in [1.29, 1.82) is 0 Å². The van der Waals surface area contributed by atoms with Crippen LogP contribution in [0.25, 0.3) is 0 Å². The highest BCUT2D eigenvalue weighted by molar-refractivity contribution is 8.00. The molecule has 0 saturated heterocycles. The van der Waals surface area contributed by atoms with E-state index in [1.165, 1.54) is 30.6 Å². The van der Waals surface area contributed by atoms with Crippen LogP contribution in [-0.2, 0) is 0 Å². The van der Waals surface area contributed by atoms with Gasteiger partial charge in [-0.3, -0.25) is 4.98 Å². The topological polar surface area (TPSA) is 12.9 Å². The average Bonchev–Trinajstić information content (AvgIpc) is 2.23. The molecule has 1 aromatic heterocycles. The lowest BCUT2D eigenvalue weighted by Gasteiger charge is -2.25. The molecule has 0 unspecified atom stereocenters. The molecule has 1 aliphatic carbocycles. The molecule has 0 bridgehead atoms. The molecule has 1 aliphatic rings. The SMILES string of the molecule is C[C@H]1CC[C@H](Sc2ccncc2)CC1. The summed E-state index contributed by atoms with van der Waals surface area (Å²) in [5, 5.41) is 0.841. The third kappa shape index (κ3) is 2.74. The van der Waals surface area contributed by atoms with E-state index >= 15 is 0 Å². The van der Waals surface area contributed by atoms with Gasteiger partial charge in [0.05, 0.1) is 0 Å². The van der Waals surface area contributed by atoms with Gasteiger partial charge in [-0.2, -0.15) is 0 Å². The van der Waals surface area contributed by atoms with E-state index in [0.29, 0.717) is 0 Å². The van der Waals surface area contributed by atoms with Gasteiger partial charge in [-0.15, -0.1) is 11.8 Å². The van der Waals surface area contributed by atoms with Crippen molar-refractivity contribution in [3.63, 3.8) is 0 Å². The van der Waals surface area contributed by atoms with Crippen molar-refractivity contribution >= 4 is 11.8 Å². The van der Waals surface area contributed by atoms with E-state index in [2.05, 4.69) is 24.0 Å². The molecule has 1 heterocycles. The maximum atomic E-state index is 4.04. The lowest BCUT2D eigenvalue weighted by molar-refractivity contribution is 0.393. The Morgan fingerprint density at radius 2 is 1.79 bits per heavy atom. The Bertz CT molecular complexity index is 265. The highest BCUT2D eigenvalue weighted by Gasteiger charge is 2.18. The van der Waals surface area contributed by atoms with Crippen LogP contribution in [0.5, 0.6) is 0 Å². The van der Waals surface area contributed by atoms with Crippen LogP contribution in [0.3, 0.4) is 0 Å². The molecular formula is C12H17NS. The van der Waals surface area contributed by atoms with Crippen LogP contribution in [0.2, 0.25) is 0 Å². The monoisotopic (exact) mass is 207 g/mol. The lowest BCUT2D eigenvalue weighted by Crippen LogP contribution is -2.13. The summed E-state index contributed by atoms with van der Waals surface area (Å²) in [6.07, 6.45) is 9.34. The van der Waals surface area contributed by atoms with Gasteiger partial charge >= 0.3 is 0 Å². The van der Waals surface area contributed by atoms with Crippen molar-refractivity contribution in [2.75, 3.05) is 0 Å². The maximum Gasteiger partial charge on any atom is 0.0278 e. The van der Waals surface area contributed by atoms with Gasteiger partial charge in [-0.05, 0) is 43.7 Å². The lowest BCUT2D eigenvalue weighted by atomic mass is 9.91. The first-order chi connectivity index (χ1) is 6.84. The highest BCUT2D eigenvalue weighted by atomic mass is 32.2. The van der Waals surface area contributed by atoms with E-state index in [1.807, 2.05) is 24.2 Å². The number of hydrogen-bond donors (Lipinski definition) is 0. The molecule has 1 fully saturated rings. The van der Waals surface area contributed by atoms with Crippen LogP contribution < -0.4 is 0 Å². The molecule has 2 heteroatoms. The van der Waals surface area contributed by atoms with E-state index in [9.17, 15) is 0 Å². The molecular weight excluding hydrogens is 190 g/mol. The van der Waals surface area contributed by atoms with Gasteiger partial charge in [-0.25, -0.2) is 0 Å². The van der Waals surface area contributed by atoms with Crippen LogP contribution in [-0.4, -0.2) is 10.2 Å². The minimum Gasteiger partial charge on any atom is -0.265 e. The molecule has 1 saturated carbocycles. The molecule has 0 spiro atoms. The number of rotatable bonds is 2. The summed E-state index contributed by atoms with van der Waals surface area (Å²) in [6.45, 7) is 2.37. The van der Waals surface area contributed by atoms with Crippen molar-refractivity contribution < 1.29 is 0 Å². The molecule has 0 aromatic carbocycles. The largest absolute Gasteiger partial charge is 0.265 e. The van der Waals surface area contributed by atoms with Crippen LogP contribution >= 0.6 is 11.8 Å². The number of thioether (sulfide) groups is 1. The summed E-state index contributed by atoms with van der Waals surface area (Å²) >= 11 is 2.03. The van der Waals surface area contributed by atoms with E-state index in [4.69, 9.17) is 0 Å². The minimum atomic E-state index is 0.841. The summed E-state index contributed by atoms with van der Waals surface area (Å²) in [5.41, 5.74) is 0. The van der Waals surface area contributed by atoms with Crippen LogP contribution in [0, 0.1) is 5.92 Å². The van der Waals surface area contributed by atoms with Crippen molar-refractivity contribution in [3.8, 4) is 0 Å². The zero-order chi connectivity index (χ0) is 9.80. The van der Waals surface area contributed by atoms with Crippen molar-refractivity contribution in [1.82, 2.24) is 4.98 Å². The number of nitrogens with zero attached hydrogens (tertiary/aromatic N) is 1. The van der Waals surface area contributed by atoms with Crippen LogP contribution in [0.1, 0.15) is 32.6 Å². The number of hydrogen-bond acceptors (Lipinski definition) is 2. The van der Waals surface area contributed by atoms with E-state index in [-0.39, 0.29) is 0 Å². The van der Waals surface area contributed by atoms with Crippen molar-refractivity contribution in [2.45, 2.75) is 42.8 Å². The zero-order valence-electron chi connectivity index (χ0n) is 8.65. The Balaban J connectivity index is 1.87. The smallest absolute Gasteiger partial charge is 0.0278 e. The first-order valence-corrected chi connectivity index (χ1v) is 6.29. The fraction of sp³-hybridized carbons (Fsp3) is 0.583. The molecule has 2 rings (SSSR count). The average molecular weight is 207 g/mol. The van der Waals surface area contributed by atoms with Crippen molar-refractivity contribution in [3.05, 3.63) is 24.5 Å². The van der Waals surface area contributed by atoms with Gasteiger partial charge in [0.15, 0.2) is 0 Å². The third-order valence-corrected chi connectivity index (χ3v) is 4.26. The first kappa shape index (κ1) is 10.0. The molecule has 1 nitrogen and oxygen atoms in total. The molecule has 0 aliphatic heterocycles.